The van der Waals surface area contributed by atoms with Crippen molar-refractivity contribution in [2.75, 3.05) is 27.2 Å². The van der Waals surface area contributed by atoms with Crippen molar-refractivity contribution in [3.8, 4) is 5.75 Å². The van der Waals surface area contributed by atoms with Gasteiger partial charge in [0.05, 0.1) is 20.2 Å². The molecule has 2 aliphatic rings. The van der Waals surface area contributed by atoms with Crippen LogP contribution in [-0.4, -0.2) is 77.1 Å². The molecule has 0 aromatic heterocycles. The van der Waals surface area contributed by atoms with Crippen LogP contribution in [-0.2, 0) is 22.7 Å². The van der Waals surface area contributed by atoms with E-state index in [1.807, 2.05) is 38.1 Å². The number of nitrogens with one attached hydrogen (secondary N) is 1. The number of likely N-dealkylation sites (N-methyl/N-ethyl adjacent to an activating group) is 1. The number of piperazine rings is 1. The van der Waals surface area contributed by atoms with Gasteiger partial charge in [-0.15, -0.1) is 0 Å². The standard InChI is InChI=1S/C26H32FN5O4/c1-17(2)24-25(34)30(14-19-5-9-20(27)10-6-19)15-22-31(24)23(33)16-29(3)32(22)26(35)28-13-18-7-11-21(36-4)12-8-18/h5-12,17,22,24H,13-16H2,1-4H3,(H,28,35)/t22-,24-/m0/s1. The van der Waals surface area contributed by atoms with Crippen molar-refractivity contribution in [3.05, 3.63) is 65.5 Å². The van der Waals surface area contributed by atoms with Crippen molar-refractivity contribution >= 4 is 17.8 Å². The average Bonchev–Trinajstić information content (AvgIpc) is 2.85. The summed E-state index contributed by atoms with van der Waals surface area (Å²) in [6, 6.07) is 12.3. The molecule has 0 unspecified atom stereocenters. The number of rotatable bonds is 6. The molecule has 2 heterocycles. The third kappa shape index (κ3) is 5.13. The Hall–Kier alpha value is -3.66. The van der Waals surface area contributed by atoms with Gasteiger partial charge in [0.1, 0.15) is 23.8 Å². The Morgan fingerprint density at radius 3 is 2.33 bits per heavy atom. The van der Waals surface area contributed by atoms with Crippen LogP contribution in [0, 0.1) is 11.7 Å². The topological polar surface area (TPSA) is 85.4 Å². The number of hydrogen-bond acceptors (Lipinski definition) is 5. The zero-order valence-electron chi connectivity index (χ0n) is 21.0. The van der Waals surface area contributed by atoms with Gasteiger partial charge in [0.15, 0.2) is 0 Å². The van der Waals surface area contributed by atoms with Crippen LogP contribution in [0.5, 0.6) is 5.75 Å². The Kier molecular flexibility index (Phi) is 7.44. The lowest BCUT2D eigenvalue weighted by molar-refractivity contribution is -0.190. The first-order valence-corrected chi connectivity index (χ1v) is 11.9. The smallest absolute Gasteiger partial charge is 0.334 e. The van der Waals surface area contributed by atoms with Crippen LogP contribution in [0.1, 0.15) is 25.0 Å². The number of methoxy groups -OCH3 is 1. The molecule has 4 rings (SSSR count). The summed E-state index contributed by atoms with van der Waals surface area (Å²) in [6.45, 7) is 4.46. The molecule has 2 atom stereocenters. The fourth-order valence-electron chi connectivity index (χ4n) is 4.82. The van der Waals surface area contributed by atoms with Gasteiger partial charge in [0, 0.05) is 20.1 Å². The first kappa shape index (κ1) is 25.4. The zero-order valence-corrected chi connectivity index (χ0v) is 21.0. The molecule has 0 spiro atoms. The van der Waals surface area contributed by atoms with Gasteiger partial charge in [-0.3, -0.25) is 9.59 Å². The molecule has 2 fully saturated rings. The molecule has 36 heavy (non-hydrogen) atoms. The number of halogens is 1. The van der Waals surface area contributed by atoms with E-state index < -0.39 is 12.2 Å². The van der Waals surface area contributed by atoms with Crippen LogP contribution in [0.2, 0.25) is 0 Å². The summed E-state index contributed by atoms with van der Waals surface area (Å²) in [5.74, 6) is -0.165. The highest BCUT2D eigenvalue weighted by Gasteiger charge is 2.51. The molecule has 2 saturated heterocycles. The summed E-state index contributed by atoms with van der Waals surface area (Å²) in [6.07, 6.45) is -0.669. The summed E-state index contributed by atoms with van der Waals surface area (Å²) < 4.78 is 18.6. The Morgan fingerprint density at radius 1 is 1.08 bits per heavy atom. The molecule has 2 aliphatic heterocycles. The van der Waals surface area contributed by atoms with Gasteiger partial charge < -0.3 is 19.9 Å². The summed E-state index contributed by atoms with van der Waals surface area (Å²) >= 11 is 0. The molecule has 0 radical (unpaired) electrons. The van der Waals surface area contributed by atoms with E-state index in [4.69, 9.17) is 4.74 Å². The molecule has 9 nitrogen and oxygen atoms in total. The van der Waals surface area contributed by atoms with E-state index in [1.54, 1.807) is 41.1 Å². The predicted octanol–water partition coefficient (Wildman–Crippen LogP) is 2.43. The second-order valence-electron chi connectivity index (χ2n) is 9.48. The maximum absolute atomic E-state index is 13.5. The second-order valence-corrected chi connectivity index (χ2v) is 9.48. The number of ether oxygens (including phenoxy) is 1. The van der Waals surface area contributed by atoms with E-state index in [2.05, 4.69) is 5.32 Å². The number of hydrogen-bond donors (Lipinski definition) is 1. The molecule has 1 N–H and O–H groups in total. The molecule has 0 aliphatic carbocycles. The quantitative estimate of drug-likeness (QED) is 0.663. The number of carbonyl (C=O) groups excluding carboxylic acids is 3. The molecule has 10 heteroatoms. The van der Waals surface area contributed by atoms with Gasteiger partial charge >= 0.3 is 6.03 Å². The van der Waals surface area contributed by atoms with Crippen LogP contribution in [0.25, 0.3) is 0 Å². The van der Waals surface area contributed by atoms with Crippen molar-refractivity contribution in [1.29, 1.82) is 0 Å². The number of benzene rings is 2. The fourth-order valence-corrected chi connectivity index (χ4v) is 4.82. The summed E-state index contributed by atoms with van der Waals surface area (Å²) in [5, 5.41) is 6.04. The van der Waals surface area contributed by atoms with E-state index in [9.17, 15) is 18.8 Å². The molecule has 0 bridgehead atoms. The summed E-state index contributed by atoms with van der Waals surface area (Å²) in [7, 11) is 3.28. The van der Waals surface area contributed by atoms with Crippen molar-refractivity contribution in [2.24, 2.45) is 5.92 Å². The largest absolute Gasteiger partial charge is 0.497 e. The molecule has 4 amide bonds. The van der Waals surface area contributed by atoms with Gasteiger partial charge in [-0.05, 0) is 41.3 Å². The van der Waals surface area contributed by atoms with Crippen LogP contribution < -0.4 is 10.1 Å². The van der Waals surface area contributed by atoms with E-state index >= 15 is 0 Å². The third-order valence-corrected chi connectivity index (χ3v) is 6.60. The molecule has 192 valence electrons. The van der Waals surface area contributed by atoms with Gasteiger partial charge in [-0.25, -0.2) is 19.2 Å². The maximum Gasteiger partial charge on any atom is 0.334 e. The average molecular weight is 498 g/mol. The number of fused-ring (bicyclic) bond motifs is 1. The van der Waals surface area contributed by atoms with E-state index in [-0.39, 0.29) is 49.2 Å². The fraction of sp³-hybridized carbons (Fsp3) is 0.423. The Morgan fingerprint density at radius 2 is 1.72 bits per heavy atom. The normalized spacial score (nSPS) is 20.6. The van der Waals surface area contributed by atoms with Crippen molar-refractivity contribution < 1.29 is 23.5 Å². The highest BCUT2D eigenvalue weighted by atomic mass is 19.1. The summed E-state index contributed by atoms with van der Waals surface area (Å²) in [5.41, 5.74) is 1.67. The molecular formula is C26H32FN5O4. The molecule has 2 aromatic carbocycles. The third-order valence-electron chi connectivity index (χ3n) is 6.60. The van der Waals surface area contributed by atoms with Crippen molar-refractivity contribution in [3.63, 3.8) is 0 Å². The van der Waals surface area contributed by atoms with E-state index in [0.717, 1.165) is 16.9 Å². The highest BCUT2D eigenvalue weighted by Crippen LogP contribution is 2.30. The lowest BCUT2D eigenvalue weighted by Gasteiger charge is -2.55. The SMILES string of the molecule is COc1ccc(CNC(=O)N2[C@H]3CN(Cc4ccc(F)cc4)C(=O)[C@H](C(C)C)N3C(=O)CN2C)cc1. The van der Waals surface area contributed by atoms with Gasteiger partial charge in [0.2, 0.25) is 11.8 Å². The Bertz CT molecular complexity index is 1110. The van der Waals surface area contributed by atoms with Crippen LogP contribution in [0.3, 0.4) is 0 Å². The maximum atomic E-state index is 13.5. The first-order valence-electron chi connectivity index (χ1n) is 11.9. The number of hydrazine groups is 1. The number of carbonyl (C=O) groups is 3. The predicted molar refractivity (Wildman–Crippen MR) is 131 cm³/mol. The zero-order chi connectivity index (χ0) is 26.0. The lowest BCUT2D eigenvalue weighted by Crippen LogP contribution is -2.76. The minimum atomic E-state index is -0.706. The van der Waals surface area contributed by atoms with E-state index in [0.29, 0.717) is 6.54 Å². The molecule has 2 aromatic rings. The number of urea groups is 1. The lowest BCUT2D eigenvalue weighted by atomic mass is 9.96. The first-order chi connectivity index (χ1) is 17.2. The minimum Gasteiger partial charge on any atom is -0.497 e. The van der Waals surface area contributed by atoms with Crippen LogP contribution in [0.15, 0.2) is 48.5 Å². The number of nitrogens with zero attached hydrogens (tertiary/aromatic N) is 4. The van der Waals surface area contributed by atoms with Gasteiger partial charge in [-0.1, -0.05) is 38.1 Å². The minimum absolute atomic E-state index is 0.0130. The van der Waals surface area contributed by atoms with E-state index in [1.165, 1.54) is 17.1 Å². The Labute approximate surface area is 210 Å². The highest BCUT2D eigenvalue weighted by molar-refractivity contribution is 5.91. The van der Waals surface area contributed by atoms with Gasteiger partial charge in [-0.2, -0.15) is 0 Å². The van der Waals surface area contributed by atoms with Crippen LogP contribution >= 0.6 is 0 Å². The monoisotopic (exact) mass is 497 g/mol. The second kappa shape index (κ2) is 10.5. The van der Waals surface area contributed by atoms with Crippen molar-refractivity contribution in [1.82, 2.24) is 25.1 Å². The number of amides is 4. The van der Waals surface area contributed by atoms with Gasteiger partial charge in [0.25, 0.3) is 0 Å². The summed E-state index contributed by atoms with van der Waals surface area (Å²) in [4.78, 5) is 43.2. The van der Waals surface area contributed by atoms with Crippen molar-refractivity contribution in [2.45, 2.75) is 39.1 Å². The Balaban J connectivity index is 1.57. The molecule has 0 saturated carbocycles. The molecular weight excluding hydrogens is 465 g/mol. The van der Waals surface area contributed by atoms with Crippen LogP contribution in [0.4, 0.5) is 9.18 Å².